The number of rotatable bonds is 4. The fourth-order valence-electron chi connectivity index (χ4n) is 5.94. The summed E-state index contributed by atoms with van der Waals surface area (Å²) < 4.78 is 0. The van der Waals surface area contributed by atoms with E-state index in [1.54, 1.807) is 0 Å². The minimum absolute atomic E-state index is 0.715. The molecule has 2 heterocycles. The maximum atomic E-state index is 5.23. The fourth-order valence-corrected chi connectivity index (χ4v) is 5.94. The molecule has 2 aromatic heterocycles. The summed E-state index contributed by atoms with van der Waals surface area (Å²) in [7, 11) is 0. The largest absolute Gasteiger partial charge is 0.265 e. The molecule has 8 rings (SSSR count). The molecule has 0 saturated heterocycles. The maximum absolute atomic E-state index is 5.23. The van der Waals surface area contributed by atoms with Crippen LogP contribution in [0.15, 0.2) is 152 Å². The summed E-state index contributed by atoms with van der Waals surface area (Å²) in [5.41, 5.74) is 7.16. The predicted molar refractivity (Wildman–Crippen MR) is 174 cm³/mol. The summed E-state index contributed by atoms with van der Waals surface area (Å²) in [5.74, 6) is 0.715. The second kappa shape index (κ2) is 10.1. The van der Waals surface area contributed by atoms with Crippen LogP contribution >= 0.6 is 0 Å². The summed E-state index contributed by atoms with van der Waals surface area (Å²) in [5, 5.41) is 7.28. The third kappa shape index (κ3) is 4.20. The van der Waals surface area contributed by atoms with Gasteiger partial charge in [-0.15, -0.1) is 0 Å². The molecule has 0 fully saturated rings. The van der Waals surface area contributed by atoms with E-state index in [4.69, 9.17) is 9.97 Å². The predicted octanol–water partition coefficient (Wildman–Crippen LogP) is 10.00. The van der Waals surface area contributed by atoms with Crippen molar-refractivity contribution in [3.8, 4) is 45.0 Å². The van der Waals surface area contributed by atoms with E-state index in [0.29, 0.717) is 5.82 Å². The number of pyridine rings is 1. The van der Waals surface area contributed by atoms with Crippen molar-refractivity contribution < 1.29 is 0 Å². The van der Waals surface area contributed by atoms with Crippen molar-refractivity contribution in [2.75, 3.05) is 0 Å². The zero-order valence-corrected chi connectivity index (χ0v) is 22.8. The number of hydrogen-bond acceptors (Lipinski definition) is 3. The molecule has 196 valence electrons. The van der Waals surface area contributed by atoms with Gasteiger partial charge in [-0.1, -0.05) is 109 Å². The van der Waals surface area contributed by atoms with Gasteiger partial charge < -0.3 is 0 Å². The third-order valence-electron chi connectivity index (χ3n) is 7.96. The minimum atomic E-state index is 0.715. The van der Waals surface area contributed by atoms with E-state index in [-0.39, 0.29) is 0 Å². The monoisotopic (exact) mass is 535 g/mol. The molecule has 0 aliphatic heterocycles. The molecule has 0 N–H and O–H groups in total. The van der Waals surface area contributed by atoms with Crippen LogP contribution in [-0.2, 0) is 0 Å². The summed E-state index contributed by atoms with van der Waals surface area (Å²) in [6, 6.07) is 48.9. The minimum Gasteiger partial charge on any atom is -0.265 e. The summed E-state index contributed by atoms with van der Waals surface area (Å²) in [6.07, 6.45) is 3.65. The lowest BCUT2D eigenvalue weighted by atomic mass is 9.93. The Labute approximate surface area is 243 Å². The molecule has 0 saturated carbocycles. The van der Waals surface area contributed by atoms with Crippen molar-refractivity contribution in [1.82, 2.24) is 15.0 Å². The van der Waals surface area contributed by atoms with Crippen molar-refractivity contribution in [2.24, 2.45) is 0 Å². The smallest absolute Gasteiger partial charge is 0.161 e. The Bertz CT molecular complexity index is 2240. The van der Waals surface area contributed by atoms with E-state index in [9.17, 15) is 0 Å². The molecule has 3 nitrogen and oxygen atoms in total. The van der Waals surface area contributed by atoms with Gasteiger partial charge in [0.2, 0.25) is 0 Å². The van der Waals surface area contributed by atoms with Crippen LogP contribution in [0.1, 0.15) is 0 Å². The second-order valence-electron chi connectivity index (χ2n) is 10.5. The van der Waals surface area contributed by atoms with Crippen molar-refractivity contribution in [1.29, 1.82) is 0 Å². The SMILES string of the molecule is c1ccc(-c2cc(-c3cccc(-c4ccncc4)c3)nc(-c3cc4ccc5ccccc5c4c4ccccc34)n2)cc1. The normalized spacial score (nSPS) is 11.3. The van der Waals surface area contributed by atoms with Crippen molar-refractivity contribution in [3.05, 3.63) is 152 Å². The first-order valence-corrected chi connectivity index (χ1v) is 14.1. The van der Waals surface area contributed by atoms with Crippen molar-refractivity contribution in [2.45, 2.75) is 0 Å². The molecule has 0 atom stereocenters. The zero-order valence-electron chi connectivity index (χ0n) is 22.8. The molecular weight excluding hydrogens is 510 g/mol. The van der Waals surface area contributed by atoms with Gasteiger partial charge in [0.05, 0.1) is 11.4 Å². The van der Waals surface area contributed by atoms with Gasteiger partial charge in [-0.3, -0.25) is 4.98 Å². The molecule has 0 bridgehead atoms. The van der Waals surface area contributed by atoms with Crippen molar-refractivity contribution >= 4 is 32.3 Å². The molecule has 0 aliphatic carbocycles. The summed E-state index contributed by atoms with van der Waals surface area (Å²) in [4.78, 5) is 14.6. The second-order valence-corrected chi connectivity index (χ2v) is 10.5. The van der Waals surface area contributed by atoms with Crippen LogP contribution in [-0.4, -0.2) is 15.0 Å². The van der Waals surface area contributed by atoms with Gasteiger partial charge in [-0.25, -0.2) is 9.97 Å². The van der Waals surface area contributed by atoms with Gasteiger partial charge in [-0.05, 0) is 73.8 Å². The lowest BCUT2D eigenvalue weighted by Gasteiger charge is -2.14. The Morgan fingerprint density at radius 3 is 1.86 bits per heavy atom. The quantitative estimate of drug-likeness (QED) is 0.211. The molecule has 6 aromatic carbocycles. The van der Waals surface area contributed by atoms with Crippen LogP contribution in [0, 0.1) is 0 Å². The molecule has 0 spiro atoms. The lowest BCUT2D eigenvalue weighted by Crippen LogP contribution is -1.97. The number of hydrogen-bond donors (Lipinski definition) is 0. The Balaban J connectivity index is 1.40. The highest BCUT2D eigenvalue weighted by Gasteiger charge is 2.16. The highest BCUT2D eigenvalue weighted by Crippen LogP contribution is 2.38. The summed E-state index contributed by atoms with van der Waals surface area (Å²) >= 11 is 0. The Morgan fingerprint density at radius 2 is 1.02 bits per heavy atom. The highest BCUT2D eigenvalue weighted by atomic mass is 14.9. The fraction of sp³-hybridized carbons (Fsp3) is 0. The van der Waals surface area contributed by atoms with E-state index in [1.807, 2.05) is 30.6 Å². The molecule has 0 unspecified atom stereocenters. The third-order valence-corrected chi connectivity index (χ3v) is 7.96. The Hall–Kier alpha value is -5.67. The molecule has 3 heteroatoms. The number of benzene rings is 6. The zero-order chi connectivity index (χ0) is 27.9. The van der Waals surface area contributed by atoms with E-state index in [0.717, 1.165) is 44.6 Å². The topological polar surface area (TPSA) is 38.7 Å². The van der Waals surface area contributed by atoms with E-state index in [2.05, 4.69) is 126 Å². The first kappa shape index (κ1) is 24.2. The van der Waals surface area contributed by atoms with Crippen LogP contribution in [0.5, 0.6) is 0 Å². The van der Waals surface area contributed by atoms with Crippen LogP contribution in [0.4, 0.5) is 0 Å². The van der Waals surface area contributed by atoms with E-state index < -0.39 is 0 Å². The Morgan fingerprint density at radius 1 is 0.381 bits per heavy atom. The molecule has 42 heavy (non-hydrogen) atoms. The lowest BCUT2D eigenvalue weighted by molar-refractivity contribution is 1.19. The average molecular weight is 536 g/mol. The van der Waals surface area contributed by atoms with Gasteiger partial charge in [0, 0.05) is 29.1 Å². The molecule has 0 amide bonds. The molecule has 0 radical (unpaired) electrons. The van der Waals surface area contributed by atoms with Crippen LogP contribution < -0.4 is 0 Å². The number of aromatic nitrogens is 3. The van der Waals surface area contributed by atoms with Gasteiger partial charge in [0.1, 0.15) is 0 Å². The van der Waals surface area contributed by atoms with E-state index >= 15 is 0 Å². The van der Waals surface area contributed by atoms with Crippen LogP contribution in [0.2, 0.25) is 0 Å². The van der Waals surface area contributed by atoms with Gasteiger partial charge in [-0.2, -0.15) is 0 Å². The Kier molecular flexibility index (Phi) is 5.79. The standard InChI is InChI=1S/C39H25N3/c1-2-10-28(11-3-1)36-25-37(30-13-8-12-29(23-30)26-19-21-40-22-20-26)42-39(41-36)35-24-31-18-17-27-9-4-5-14-32(27)38(31)34-16-7-6-15-33(34)35/h1-25H. The molecule has 0 aliphatic rings. The first-order valence-electron chi connectivity index (χ1n) is 14.1. The van der Waals surface area contributed by atoms with E-state index in [1.165, 1.54) is 26.9 Å². The molecular formula is C39H25N3. The molecule has 8 aromatic rings. The average Bonchev–Trinajstić information content (AvgIpc) is 3.08. The highest BCUT2D eigenvalue weighted by molar-refractivity contribution is 6.23. The van der Waals surface area contributed by atoms with Gasteiger partial charge in [0.15, 0.2) is 5.82 Å². The number of fused-ring (bicyclic) bond motifs is 5. The van der Waals surface area contributed by atoms with Gasteiger partial charge >= 0.3 is 0 Å². The summed E-state index contributed by atoms with van der Waals surface area (Å²) in [6.45, 7) is 0. The van der Waals surface area contributed by atoms with Crippen LogP contribution in [0.25, 0.3) is 77.3 Å². The first-order chi connectivity index (χ1) is 20.8. The van der Waals surface area contributed by atoms with Crippen LogP contribution in [0.3, 0.4) is 0 Å². The van der Waals surface area contributed by atoms with Gasteiger partial charge in [0.25, 0.3) is 0 Å². The van der Waals surface area contributed by atoms with Crippen molar-refractivity contribution in [3.63, 3.8) is 0 Å². The number of nitrogens with zero attached hydrogens (tertiary/aromatic N) is 3. The maximum Gasteiger partial charge on any atom is 0.161 e.